The highest BCUT2D eigenvalue weighted by molar-refractivity contribution is 6.00. The number of nitrogens with zero attached hydrogens (tertiary/aromatic N) is 1. The fourth-order valence-corrected chi connectivity index (χ4v) is 4.08. The first-order valence-electron chi connectivity index (χ1n) is 12.2. The molecular formula is C29H39N3O5. The summed E-state index contributed by atoms with van der Waals surface area (Å²) in [6.07, 6.45) is 0.657. The van der Waals surface area contributed by atoms with Crippen LogP contribution < -0.4 is 10.6 Å². The Bertz CT molecular complexity index is 1130. The van der Waals surface area contributed by atoms with Gasteiger partial charge in [-0.2, -0.15) is 0 Å². The van der Waals surface area contributed by atoms with Crippen molar-refractivity contribution in [3.05, 3.63) is 76.9 Å². The third-order valence-corrected chi connectivity index (χ3v) is 5.79. The maximum absolute atomic E-state index is 13.9. The van der Waals surface area contributed by atoms with Gasteiger partial charge in [0, 0.05) is 12.2 Å². The maximum Gasteiger partial charge on any atom is 0.408 e. The molecule has 3 N–H and O–H groups in total. The van der Waals surface area contributed by atoms with Gasteiger partial charge in [0.2, 0.25) is 5.91 Å². The SMILES string of the molecule is C=CCN(C(=O)C(CO)NC(=O)OC(C)(C)C)C(C(=O)Nc1c(C)cccc1C)c1ccc(C)cc1C. The topological polar surface area (TPSA) is 108 Å². The Labute approximate surface area is 219 Å². The molecule has 0 aliphatic heterocycles. The second-order valence-electron chi connectivity index (χ2n) is 10.2. The fraction of sp³-hybridized carbons (Fsp3) is 0.414. The van der Waals surface area contributed by atoms with Gasteiger partial charge in [-0.3, -0.25) is 9.59 Å². The molecule has 37 heavy (non-hydrogen) atoms. The molecule has 0 bridgehead atoms. The molecule has 0 saturated carbocycles. The Morgan fingerprint density at radius 3 is 2.19 bits per heavy atom. The monoisotopic (exact) mass is 509 g/mol. The number of amides is 3. The van der Waals surface area contributed by atoms with Gasteiger partial charge in [-0.1, -0.05) is 48.0 Å². The Morgan fingerprint density at radius 1 is 1.05 bits per heavy atom. The molecule has 0 aliphatic rings. The quantitative estimate of drug-likeness (QED) is 0.432. The van der Waals surface area contributed by atoms with Crippen LogP contribution in [0.15, 0.2) is 49.1 Å². The summed E-state index contributed by atoms with van der Waals surface area (Å²) in [5.41, 5.74) is 4.10. The molecule has 2 aromatic rings. The Morgan fingerprint density at radius 2 is 1.68 bits per heavy atom. The number of carbonyl (C=O) groups is 3. The molecule has 8 nitrogen and oxygen atoms in total. The Kier molecular flexibility index (Phi) is 10.0. The van der Waals surface area contributed by atoms with Gasteiger partial charge < -0.3 is 25.4 Å². The highest BCUT2D eigenvalue weighted by atomic mass is 16.6. The Balaban J connectivity index is 2.54. The lowest BCUT2D eigenvalue weighted by Gasteiger charge is -2.34. The van der Waals surface area contributed by atoms with Crippen molar-refractivity contribution in [1.29, 1.82) is 0 Å². The standard InChI is InChI=1S/C29H39N3O5/c1-9-15-32(27(35)23(17-33)30-28(36)37-29(6,7)8)25(22-14-13-18(2)16-21(22)5)26(34)31-24-19(3)11-10-12-20(24)4/h9-14,16,23,25,33H,1,15,17H2,2-8H3,(H,30,36)(H,31,34). The van der Waals surface area contributed by atoms with E-state index in [1.165, 1.54) is 11.0 Å². The van der Waals surface area contributed by atoms with Crippen LogP contribution >= 0.6 is 0 Å². The number of aliphatic hydroxyl groups is 1. The molecular weight excluding hydrogens is 470 g/mol. The van der Waals surface area contributed by atoms with Crippen LogP contribution in [0.2, 0.25) is 0 Å². The molecule has 0 aromatic heterocycles. The van der Waals surface area contributed by atoms with Crippen LogP contribution in [0.4, 0.5) is 10.5 Å². The van der Waals surface area contributed by atoms with Crippen molar-refractivity contribution in [3.8, 4) is 0 Å². The van der Waals surface area contributed by atoms with Gasteiger partial charge in [-0.15, -0.1) is 6.58 Å². The molecule has 0 saturated heterocycles. The molecule has 0 spiro atoms. The molecule has 200 valence electrons. The van der Waals surface area contributed by atoms with Crippen LogP contribution in [-0.4, -0.2) is 52.7 Å². The number of aryl methyl sites for hydroxylation is 4. The van der Waals surface area contributed by atoms with Crippen LogP contribution in [0, 0.1) is 27.7 Å². The van der Waals surface area contributed by atoms with Crippen LogP contribution in [-0.2, 0) is 14.3 Å². The van der Waals surface area contributed by atoms with Crippen LogP contribution in [0.25, 0.3) is 0 Å². The molecule has 2 atom stereocenters. The minimum absolute atomic E-state index is 0.00346. The Hall–Kier alpha value is -3.65. The third kappa shape index (κ3) is 7.92. The molecule has 8 heteroatoms. The van der Waals surface area contributed by atoms with Crippen LogP contribution in [0.3, 0.4) is 0 Å². The summed E-state index contributed by atoms with van der Waals surface area (Å²) in [5.74, 6) is -1.07. The molecule has 2 unspecified atom stereocenters. The van der Waals surface area contributed by atoms with E-state index in [2.05, 4.69) is 17.2 Å². The molecule has 0 radical (unpaired) electrons. The second kappa shape index (κ2) is 12.5. The number of nitrogens with one attached hydrogen (secondary N) is 2. The fourth-order valence-electron chi connectivity index (χ4n) is 4.08. The van der Waals surface area contributed by atoms with Gasteiger partial charge in [0.1, 0.15) is 17.7 Å². The van der Waals surface area contributed by atoms with E-state index < -0.39 is 42.2 Å². The molecule has 2 aromatic carbocycles. The average Bonchev–Trinajstić information content (AvgIpc) is 2.79. The van der Waals surface area contributed by atoms with Crippen LogP contribution in [0.5, 0.6) is 0 Å². The predicted molar refractivity (Wildman–Crippen MR) is 145 cm³/mol. The molecule has 0 heterocycles. The van der Waals surface area contributed by atoms with Gasteiger partial charge in [-0.05, 0) is 70.7 Å². The summed E-state index contributed by atoms with van der Waals surface area (Å²) < 4.78 is 5.26. The van der Waals surface area contributed by atoms with Gasteiger partial charge in [0.15, 0.2) is 0 Å². The minimum Gasteiger partial charge on any atom is -0.444 e. The van der Waals surface area contributed by atoms with Crippen molar-refractivity contribution in [1.82, 2.24) is 10.2 Å². The first-order valence-corrected chi connectivity index (χ1v) is 12.2. The van der Waals surface area contributed by atoms with Gasteiger partial charge >= 0.3 is 6.09 Å². The smallest absolute Gasteiger partial charge is 0.408 e. The van der Waals surface area contributed by atoms with E-state index in [1.54, 1.807) is 20.8 Å². The molecule has 2 rings (SSSR count). The number of carbonyl (C=O) groups excluding carboxylic acids is 3. The van der Waals surface area contributed by atoms with Crippen molar-refractivity contribution in [2.75, 3.05) is 18.5 Å². The first kappa shape index (κ1) is 29.6. The second-order valence-corrected chi connectivity index (χ2v) is 10.2. The van der Waals surface area contributed by atoms with Crippen molar-refractivity contribution >= 4 is 23.6 Å². The number of rotatable bonds is 9. The van der Waals surface area contributed by atoms with E-state index in [9.17, 15) is 19.5 Å². The number of anilines is 1. The van der Waals surface area contributed by atoms with Crippen molar-refractivity contribution in [3.63, 3.8) is 0 Å². The number of ether oxygens (including phenoxy) is 1. The van der Waals surface area contributed by atoms with Gasteiger partial charge in [0.05, 0.1) is 6.61 Å². The lowest BCUT2D eigenvalue weighted by atomic mass is 9.96. The van der Waals surface area contributed by atoms with E-state index in [0.717, 1.165) is 22.3 Å². The molecule has 3 amide bonds. The normalized spacial score (nSPS) is 12.8. The summed E-state index contributed by atoms with van der Waals surface area (Å²) in [5, 5.41) is 15.4. The molecule has 0 fully saturated rings. The van der Waals surface area contributed by atoms with Crippen LogP contribution in [0.1, 0.15) is 54.6 Å². The third-order valence-electron chi connectivity index (χ3n) is 5.79. The van der Waals surface area contributed by atoms with E-state index in [1.807, 2.05) is 64.1 Å². The van der Waals surface area contributed by atoms with Crippen molar-refractivity contribution < 1.29 is 24.2 Å². The van der Waals surface area contributed by atoms with E-state index in [0.29, 0.717) is 11.3 Å². The summed E-state index contributed by atoms with van der Waals surface area (Å²) in [6, 6.07) is 8.95. The molecule has 0 aliphatic carbocycles. The number of hydrogen-bond acceptors (Lipinski definition) is 5. The summed E-state index contributed by atoms with van der Waals surface area (Å²) in [7, 11) is 0. The largest absolute Gasteiger partial charge is 0.444 e. The predicted octanol–water partition coefficient (Wildman–Crippen LogP) is 4.50. The van der Waals surface area contributed by atoms with Gasteiger partial charge in [-0.25, -0.2) is 4.79 Å². The number of benzene rings is 2. The van der Waals surface area contributed by atoms with E-state index in [4.69, 9.17) is 4.74 Å². The summed E-state index contributed by atoms with van der Waals surface area (Å²) in [4.78, 5) is 41.3. The minimum atomic E-state index is -1.32. The zero-order valence-electron chi connectivity index (χ0n) is 22.8. The zero-order valence-corrected chi connectivity index (χ0v) is 22.8. The lowest BCUT2D eigenvalue weighted by Crippen LogP contribution is -2.54. The first-order chi connectivity index (χ1) is 17.3. The number of aliphatic hydroxyl groups excluding tert-OH is 1. The summed E-state index contributed by atoms with van der Waals surface area (Å²) >= 11 is 0. The average molecular weight is 510 g/mol. The van der Waals surface area contributed by atoms with E-state index in [-0.39, 0.29) is 6.54 Å². The maximum atomic E-state index is 13.9. The van der Waals surface area contributed by atoms with Crippen molar-refractivity contribution in [2.45, 2.75) is 66.2 Å². The lowest BCUT2D eigenvalue weighted by molar-refractivity contribution is -0.140. The summed E-state index contributed by atoms with van der Waals surface area (Å²) in [6.45, 7) is 15.8. The van der Waals surface area contributed by atoms with E-state index >= 15 is 0 Å². The highest BCUT2D eigenvalue weighted by Gasteiger charge is 2.36. The number of hydrogen-bond donors (Lipinski definition) is 3. The number of alkyl carbamates (subject to hydrolysis) is 1. The zero-order chi connectivity index (χ0) is 27.9. The number of para-hydroxylation sites is 1. The highest BCUT2D eigenvalue weighted by Crippen LogP contribution is 2.29. The van der Waals surface area contributed by atoms with Crippen molar-refractivity contribution in [2.24, 2.45) is 0 Å². The van der Waals surface area contributed by atoms with Gasteiger partial charge in [0.25, 0.3) is 5.91 Å².